The topological polar surface area (TPSA) is 239 Å². The molecule has 0 radical (unpaired) electrons. The largest absolute Gasteiger partial charge is 0.504 e. The van der Waals surface area contributed by atoms with Crippen molar-refractivity contribution in [1.29, 1.82) is 0 Å². The van der Waals surface area contributed by atoms with E-state index in [4.69, 9.17) is 23.7 Å². The monoisotopic (exact) mass is 582 g/mol. The van der Waals surface area contributed by atoms with Gasteiger partial charge in [-0.2, -0.15) is 0 Å². The van der Waals surface area contributed by atoms with E-state index in [2.05, 4.69) is 0 Å². The van der Waals surface area contributed by atoms with Gasteiger partial charge in [0.25, 0.3) is 0 Å². The van der Waals surface area contributed by atoms with Crippen LogP contribution in [0.5, 0.6) is 11.5 Å². The Kier molecular flexibility index (Phi) is 10.8. The van der Waals surface area contributed by atoms with Gasteiger partial charge in [-0.25, -0.2) is 9.59 Å². The van der Waals surface area contributed by atoms with Gasteiger partial charge in [0, 0.05) is 17.6 Å². The van der Waals surface area contributed by atoms with Crippen LogP contribution < -0.4 is 4.74 Å². The number of benzene rings is 1. The fourth-order valence-corrected chi connectivity index (χ4v) is 4.12. The number of aliphatic carboxylic acids is 2. The number of aromatic hydroxyl groups is 1. The number of rotatable bonds is 11. The van der Waals surface area contributed by atoms with Gasteiger partial charge in [-0.05, 0) is 29.8 Å². The van der Waals surface area contributed by atoms with E-state index in [0.29, 0.717) is 5.56 Å². The lowest BCUT2D eigenvalue weighted by atomic mass is 9.86. The number of esters is 1. The van der Waals surface area contributed by atoms with E-state index in [1.54, 1.807) is 0 Å². The molecule has 0 spiro atoms. The third kappa shape index (κ3) is 7.81. The summed E-state index contributed by atoms with van der Waals surface area (Å²) in [6, 6.07) is 4.35. The van der Waals surface area contributed by atoms with Crippen LogP contribution in [-0.4, -0.2) is 111 Å². The summed E-state index contributed by atoms with van der Waals surface area (Å²) in [6.45, 7) is -1.23. The molecule has 15 heteroatoms. The van der Waals surface area contributed by atoms with Crippen LogP contribution in [0, 0.1) is 5.92 Å². The van der Waals surface area contributed by atoms with Crippen LogP contribution in [0.4, 0.5) is 0 Å². The molecule has 2 aliphatic heterocycles. The molecule has 0 bridgehead atoms. The molecule has 1 aromatic carbocycles. The van der Waals surface area contributed by atoms with E-state index >= 15 is 0 Å². The van der Waals surface area contributed by atoms with Crippen LogP contribution >= 0.6 is 0 Å². The zero-order valence-corrected chi connectivity index (χ0v) is 21.6. The van der Waals surface area contributed by atoms with Crippen LogP contribution in [0.15, 0.2) is 47.8 Å². The fraction of sp³-hybridized carbons (Fsp3) is 0.423. The Morgan fingerprint density at radius 2 is 1.80 bits per heavy atom. The van der Waals surface area contributed by atoms with Gasteiger partial charge in [0.15, 0.2) is 17.8 Å². The highest BCUT2D eigenvalue weighted by atomic mass is 16.8. The first-order valence-electron chi connectivity index (χ1n) is 12.1. The van der Waals surface area contributed by atoms with Crippen LogP contribution in [0.25, 0.3) is 6.08 Å². The Morgan fingerprint density at radius 1 is 1.07 bits per heavy atom. The molecular formula is C26H30O15. The number of aliphatic hydroxyl groups excluding tert-OH is 4. The molecule has 0 aromatic heterocycles. The van der Waals surface area contributed by atoms with Gasteiger partial charge in [-0.15, -0.1) is 0 Å². The Balaban J connectivity index is 1.82. The SMILES string of the molecule is COc1cc(/C=C/C(=O)OC/C=C2\C(OC3OC(CO)C(O)C(O)C3O)OC=C(C(=O)O)C2CC(=O)O)ccc1O. The third-order valence-corrected chi connectivity index (χ3v) is 6.26. The molecule has 7 N–H and O–H groups in total. The normalized spacial score (nSPS) is 29.0. The van der Waals surface area contributed by atoms with Crippen LogP contribution in [0.2, 0.25) is 0 Å². The summed E-state index contributed by atoms with van der Waals surface area (Å²) in [4.78, 5) is 35.6. The van der Waals surface area contributed by atoms with Crippen LogP contribution in [0.3, 0.4) is 0 Å². The lowest BCUT2D eigenvalue weighted by Crippen LogP contribution is -2.60. The average molecular weight is 583 g/mol. The number of phenolic OH excluding ortho intramolecular Hbond substituents is 1. The molecule has 224 valence electrons. The van der Waals surface area contributed by atoms with E-state index in [0.717, 1.165) is 12.3 Å². The van der Waals surface area contributed by atoms with Gasteiger partial charge in [-0.3, -0.25) is 4.79 Å². The number of hydrogen-bond acceptors (Lipinski definition) is 13. The molecule has 0 amide bonds. The summed E-state index contributed by atoms with van der Waals surface area (Å²) >= 11 is 0. The Labute approximate surface area is 232 Å². The number of methoxy groups -OCH3 is 1. The molecule has 0 aliphatic carbocycles. The minimum absolute atomic E-state index is 0.0975. The molecule has 1 fully saturated rings. The summed E-state index contributed by atoms with van der Waals surface area (Å²) in [5.74, 6) is -4.93. The Hall–Kier alpha value is -3.99. The van der Waals surface area contributed by atoms with E-state index in [1.165, 1.54) is 37.5 Å². The molecule has 0 saturated carbocycles. The van der Waals surface area contributed by atoms with Crippen molar-refractivity contribution in [2.45, 2.75) is 43.4 Å². The van der Waals surface area contributed by atoms with E-state index in [1.807, 2.05) is 0 Å². The van der Waals surface area contributed by atoms with Crippen LogP contribution in [-0.2, 0) is 33.3 Å². The van der Waals surface area contributed by atoms with Gasteiger partial charge in [0.05, 0.1) is 32.0 Å². The molecule has 1 aromatic rings. The van der Waals surface area contributed by atoms with E-state index in [-0.39, 0.29) is 17.1 Å². The van der Waals surface area contributed by atoms with Crippen LogP contribution in [0.1, 0.15) is 12.0 Å². The lowest BCUT2D eigenvalue weighted by Gasteiger charge is -2.41. The molecular weight excluding hydrogens is 552 g/mol. The van der Waals surface area contributed by atoms with Crippen molar-refractivity contribution in [3.8, 4) is 11.5 Å². The van der Waals surface area contributed by atoms with Gasteiger partial charge >= 0.3 is 17.9 Å². The van der Waals surface area contributed by atoms with E-state index < -0.39 is 86.0 Å². The highest BCUT2D eigenvalue weighted by molar-refractivity contribution is 5.89. The second-order valence-corrected chi connectivity index (χ2v) is 8.93. The number of phenols is 1. The Morgan fingerprint density at radius 3 is 2.44 bits per heavy atom. The zero-order chi connectivity index (χ0) is 30.3. The number of carbonyl (C=O) groups is 3. The molecule has 1 saturated heterocycles. The molecule has 3 rings (SSSR count). The summed E-state index contributed by atoms with van der Waals surface area (Å²) in [7, 11) is 1.36. The van der Waals surface area contributed by atoms with Crippen molar-refractivity contribution in [3.63, 3.8) is 0 Å². The number of carboxylic acid groups (broad SMARTS) is 2. The third-order valence-electron chi connectivity index (χ3n) is 6.26. The van der Waals surface area contributed by atoms with Crippen molar-refractivity contribution in [2.24, 2.45) is 5.92 Å². The van der Waals surface area contributed by atoms with Gasteiger partial charge in [0.2, 0.25) is 6.29 Å². The first kappa shape index (κ1) is 31.5. The zero-order valence-electron chi connectivity index (χ0n) is 21.6. The maximum absolute atomic E-state index is 12.3. The molecule has 7 atom stereocenters. The van der Waals surface area contributed by atoms with E-state index in [9.17, 15) is 50.1 Å². The first-order chi connectivity index (χ1) is 19.5. The first-order valence-corrected chi connectivity index (χ1v) is 12.1. The highest BCUT2D eigenvalue weighted by Gasteiger charge is 2.46. The second-order valence-electron chi connectivity index (χ2n) is 8.93. The molecule has 2 aliphatic rings. The molecule has 7 unspecified atom stereocenters. The number of ether oxygens (including phenoxy) is 5. The fourth-order valence-electron chi connectivity index (χ4n) is 4.12. The van der Waals surface area contributed by atoms with Crippen molar-refractivity contribution >= 4 is 24.0 Å². The van der Waals surface area contributed by atoms with Crippen molar-refractivity contribution in [1.82, 2.24) is 0 Å². The summed E-state index contributed by atoms with van der Waals surface area (Å²) in [6.07, 6.45) is -6.23. The predicted octanol–water partition coefficient (Wildman–Crippen LogP) is -0.884. The maximum atomic E-state index is 12.3. The predicted molar refractivity (Wildman–Crippen MR) is 134 cm³/mol. The summed E-state index contributed by atoms with van der Waals surface area (Å²) < 4.78 is 26.3. The number of hydrogen-bond donors (Lipinski definition) is 7. The number of carboxylic acids is 2. The van der Waals surface area contributed by atoms with Gasteiger partial charge in [0.1, 0.15) is 31.0 Å². The molecule has 41 heavy (non-hydrogen) atoms. The quantitative estimate of drug-likeness (QED) is 0.0952. The number of aliphatic hydroxyl groups is 4. The van der Waals surface area contributed by atoms with Gasteiger partial charge < -0.3 is 59.4 Å². The minimum atomic E-state index is -1.83. The lowest BCUT2D eigenvalue weighted by molar-refractivity contribution is -0.327. The highest BCUT2D eigenvalue weighted by Crippen LogP contribution is 2.35. The standard InChI is InChI=1S/C26H30O15/c1-37-17-8-12(2-4-16(17)28)3-5-20(31)38-7-6-13-14(9-19(29)30)15(24(35)36)11-39-25(13)41-26-23(34)22(33)21(32)18(10-27)40-26/h2-6,8,11,14,18,21-23,25-28,32-34H,7,9-10H2,1H3,(H,29,30)(H,35,36)/b5-3+,13-6-. The summed E-state index contributed by atoms with van der Waals surface area (Å²) in [5.41, 5.74) is -0.0505. The minimum Gasteiger partial charge on any atom is -0.504 e. The molecule has 15 nitrogen and oxygen atoms in total. The van der Waals surface area contributed by atoms with Crippen molar-refractivity contribution in [3.05, 3.63) is 53.3 Å². The Bertz CT molecular complexity index is 1200. The van der Waals surface area contributed by atoms with Crippen molar-refractivity contribution in [2.75, 3.05) is 20.3 Å². The second kappa shape index (κ2) is 14.1. The number of carbonyl (C=O) groups excluding carboxylic acids is 1. The maximum Gasteiger partial charge on any atom is 0.335 e. The molecule has 2 heterocycles. The van der Waals surface area contributed by atoms with Gasteiger partial charge in [-0.1, -0.05) is 6.07 Å². The van der Waals surface area contributed by atoms with Crippen molar-refractivity contribution < 1.29 is 73.8 Å². The average Bonchev–Trinajstić information content (AvgIpc) is 2.93. The smallest absolute Gasteiger partial charge is 0.335 e. The summed E-state index contributed by atoms with van der Waals surface area (Å²) in [5, 5.41) is 68.4.